The second-order valence-electron chi connectivity index (χ2n) is 7.55. The van der Waals surface area contributed by atoms with Crippen LogP contribution in [0.3, 0.4) is 0 Å². The summed E-state index contributed by atoms with van der Waals surface area (Å²) in [6.07, 6.45) is 3.64. The first-order valence-electron chi connectivity index (χ1n) is 9.62. The number of para-hydroxylation sites is 1. The smallest absolute Gasteiger partial charge is 0.240 e. The standard InChI is InChI=1S/C22H25N3O2/c1-16-6-2-3-7-19(16)24-21(27)22(12-13-22)20(26)23-17-8-10-18(11-9-17)25-14-4-5-15-25/h2-3,6-11H,4-5,12-15H2,1H3,(H,23,26)(H,24,27). The van der Waals surface area contributed by atoms with Crippen molar-refractivity contribution >= 4 is 28.9 Å². The van der Waals surface area contributed by atoms with Crippen LogP contribution in [0.1, 0.15) is 31.2 Å². The fourth-order valence-electron chi connectivity index (χ4n) is 3.62. The van der Waals surface area contributed by atoms with Crippen LogP contribution in [0.2, 0.25) is 0 Å². The Kier molecular flexibility index (Phi) is 4.60. The van der Waals surface area contributed by atoms with Gasteiger partial charge < -0.3 is 15.5 Å². The zero-order valence-electron chi connectivity index (χ0n) is 15.6. The number of aryl methyl sites for hydroxylation is 1. The van der Waals surface area contributed by atoms with Crippen molar-refractivity contribution in [1.29, 1.82) is 0 Å². The molecule has 4 rings (SSSR count). The van der Waals surface area contributed by atoms with Gasteiger partial charge in [-0.3, -0.25) is 9.59 Å². The van der Waals surface area contributed by atoms with E-state index in [-0.39, 0.29) is 11.8 Å². The molecule has 0 aromatic heterocycles. The van der Waals surface area contributed by atoms with E-state index in [1.807, 2.05) is 55.5 Å². The second-order valence-corrected chi connectivity index (χ2v) is 7.55. The van der Waals surface area contributed by atoms with Crippen molar-refractivity contribution in [3.05, 3.63) is 54.1 Å². The van der Waals surface area contributed by atoms with E-state index in [2.05, 4.69) is 15.5 Å². The van der Waals surface area contributed by atoms with Gasteiger partial charge in [0.1, 0.15) is 5.41 Å². The van der Waals surface area contributed by atoms with Crippen molar-refractivity contribution in [2.75, 3.05) is 28.6 Å². The minimum absolute atomic E-state index is 0.219. The van der Waals surface area contributed by atoms with Crippen LogP contribution < -0.4 is 15.5 Å². The van der Waals surface area contributed by atoms with Crippen LogP contribution in [0, 0.1) is 12.3 Å². The number of amides is 2. The normalized spacial score (nSPS) is 17.4. The molecule has 0 atom stereocenters. The first-order valence-corrected chi connectivity index (χ1v) is 9.62. The van der Waals surface area contributed by atoms with Gasteiger partial charge >= 0.3 is 0 Å². The maximum Gasteiger partial charge on any atom is 0.240 e. The molecule has 1 aliphatic heterocycles. The Morgan fingerprint density at radius 1 is 0.889 bits per heavy atom. The van der Waals surface area contributed by atoms with Crippen LogP contribution in [0.25, 0.3) is 0 Å². The molecule has 5 nitrogen and oxygen atoms in total. The van der Waals surface area contributed by atoms with Gasteiger partial charge in [0, 0.05) is 30.2 Å². The largest absolute Gasteiger partial charge is 0.372 e. The molecule has 0 unspecified atom stereocenters. The number of anilines is 3. The molecule has 1 aliphatic carbocycles. The second kappa shape index (κ2) is 7.06. The third-order valence-electron chi connectivity index (χ3n) is 5.61. The van der Waals surface area contributed by atoms with Crippen molar-refractivity contribution in [3.8, 4) is 0 Å². The summed E-state index contributed by atoms with van der Waals surface area (Å²) in [4.78, 5) is 27.9. The quantitative estimate of drug-likeness (QED) is 0.791. The first-order chi connectivity index (χ1) is 13.1. The lowest BCUT2D eigenvalue weighted by Crippen LogP contribution is -2.35. The average molecular weight is 363 g/mol. The number of nitrogens with one attached hydrogen (secondary N) is 2. The molecule has 1 heterocycles. The van der Waals surface area contributed by atoms with E-state index < -0.39 is 5.41 Å². The monoisotopic (exact) mass is 363 g/mol. The number of hydrogen-bond donors (Lipinski definition) is 2. The molecule has 2 aliphatic rings. The first kappa shape index (κ1) is 17.6. The summed E-state index contributed by atoms with van der Waals surface area (Å²) in [7, 11) is 0. The minimum Gasteiger partial charge on any atom is -0.372 e. The highest BCUT2D eigenvalue weighted by molar-refractivity contribution is 6.17. The fraction of sp³-hybridized carbons (Fsp3) is 0.364. The van der Waals surface area contributed by atoms with Gasteiger partial charge in [0.05, 0.1) is 0 Å². The summed E-state index contributed by atoms with van der Waals surface area (Å²) in [6.45, 7) is 4.12. The highest BCUT2D eigenvalue weighted by Gasteiger charge is 2.56. The van der Waals surface area contributed by atoms with E-state index >= 15 is 0 Å². The molecule has 2 fully saturated rings. The lowest BCUT2D eigenvalue weighted by molar-refractivity contribution is -0.131. The maximum atomic E-state index is 12.8. The Morgan fingerprint density at radius 2 is 1.52 bits per heavy atom. The molecular formula is C22H25N3O2. The molecule has 0 bridgehead atoms. The Hall–Kier alpha value is -2.82. The van der Waals surface area contributed by atoms with Crippen LogP contribution in [-0.4, -0.2) is 24.9 Å². The van der Waals surface area contributed by atoms with E-state index in [1.165, 1.54) is 18.5 Å². The predicted molar refractivity (Wildman–Crippen MR) is 108 cm³/mol. The SMILES string of the molecule is Cc1ccccc1NC(=O)C1(C(=O)Nc2ccc(N3CCCC3)cc2)CC1. The highest BCUT2D eigenvalue weighted by Crippen LogP contribution is 2.47. The van der Waals surface area contributed by atoms with Crippen molar-refractivity contribution < 1.29 is 9.59 Å². The molecule has 1 saturated carbocycles. The zero-order chi connectivity index (χ0) is 18.9. The summed E-state index contributed by atoms with van der Waals surface area (Å²) in [5.41, 5.74) is 2.72. The van der Waals surface area contributed by atoms with Gasteiger partial charge in [-0.15, -0.1) is 0 Å². The van der Waals surface area contributed by atoms with E-state index in [9.17, 15) is 9.59 Å². The lowest BCUT2D eigenvalue weighted by atomic mass is 10.0. The minimum atomic E-state index is -0.949. The zero-order valence-corrected chi connectivity index (χ0v) is 15.6. The fourth-order valence-corrected chi connectivity index (χ4v) is 3.62. The summed E-state index contributed by atoms with van der Waals surface area (Å²) in [6, 6.07) is 15.5. The molecular weight excluding hydrogens is 338 g/mol. The third kappa shape index (κ3) is 3.54. The maximum absolute atomic E-state index is 12.8. The average Bonchev–Trinajstić information content (AvgIpc) is 3.32. The molecule has 140 valence electrons. The third-order valence-corrected chi connectivity index (χ3v) is 5.61. The van der Waals surface area contributed by atoms with Gasteiger partial charge in [-0.2, -0.15) is 0 Å². The van der Waals surface area contributed by atoms with Crippen molar-refractivity contribution in [2.24, 2.45) is 5.41 Å². The Labute approximate surface area is 159 Å². The summed E-state index contributed by atoms with van der Waals surface area (Å²) in [5.74, 6) is -0.439. The van der Waals surface area contributed by atoms with Gasteiger partial charge in [-0.25, -0.2) is 0 Å². The van der Waals surface area contributed by atoms with E-state index in [0.717, 1.165) is 30.0 Å². The van der Waals surface area contributed by atoms with E-state index in [4.69, 9.17) is 0 Å². The summed E-state index contributed by atoms with van der Waals surface area (Å²) < 4.78 is 0. The topological polar surface area (TPSA) is 61.4 Å². The Bertz CT molecular complexity index is 850. The molecule has 5 heteroatoms. The molecule has 0 radical (unpaired) electrons. The van der Waals surface area contributed by atoms with E-state index in [0.29, 0.717) is 12.8 Å². The van der Waals surface area contributed by atoms with Crippen molar-refractivity contribution in [2.45, 2.75) is 32.6 Å². The van der Waals surface area contributed by atoms with Gasteiger partial charge in [-0.1, -0.05) is 18.2 Å². The Balaban J connectivity index is 1.41. The number of hydrogen-bond acceptors (Lipinski definition) is 3. The highest BCUT2D eigenvalue weighted by atomic mass is 16.2. The predicted octanol–water partition coefficient (Wildman–Crippen LogP) is 3.95. The summed E-state index contributed by atoms with van der Waals surface area (Å²) >= 11 is 0. The lowest BCUT2D eigenvalue weighted by Gasteiger charge is -2.19. The number of carbonyl (C=O) groups excluding carboxylic acids is 2. The molecule has 2 aromatic carbocycles. The van der Waals surface area contributed by atoms with Gasteiger partial charge in [0.25, 0.3) is 0 Å². The molecule has 2 aromatic rings. The summed E-state index contributed by atoms with van der Waals surface area (Å²) in [5, 5.41) is 5.84. The van der Waals surface area contributed by atoms with Gasteiger partial charge in [0.15, 0.2) is 0 Å². The molecule has 1 saturated heterocycles. The molecule has 2 amide bonds. The van der Waals surface area contributed by atoms with E-state index in [1.54, 1.807) is 0 Å². The van der Waals surface area contributed by atoms with Crippen molar-refractivity contribution in [3.63, 3.8) is 0 Å². The van der Waals surface area contributed by atoms with Gasteiger partial charge in [0.2, 0.25) is 11.8 Å². The van der Waals surface area contributed by atoms with Crippen LogP contribution in [0.15, 0.2) is 48.5 Å². The Morgan fingerprint density at radius 3 is 2.15 bits per heavy atom. The number of rotatable bonds is 5. The van der Waals surface area contributed by atoms with Crippen LogP contribution >= 0.6 is 0 Å². The molecule has 0 spiro atoms. The van der Waals surface area contributed by atoms with Gasteiger partial charge in [-0.05, 0) is 68.5 Å². The van der Waals surface area contributed by atoms with Crippen LogP contribution in [0.5, 0.6) is 0 Å². The number of benzene rings is 2. The van der Waals surface area contributed by atoms with Crippen LogP contribution in [-0.2, 0) is 9.59 Å². The van der Waals surface area contributed by atoms with Crippen molar-refractivity contribution in [1.82, 2.24) is 0 Å². The number of nitrogens with zero attached hydrogens (tertiary/aromatic N) is 1. The molecule has 27 heavy (non-hydrogen) atoms. The molecule has 2 N–H and O–H groups in total. The number of carbonyl (C=O) groups is 2. The van der Waals surface area contributed by atoms with Crippen LogP contribution in [0.4, 0.5) is 17.1 Å².